The number of carboxylic acid groups (broad SMARTS) is 1. The van der Waals surface area contributed by atoms with Crippen LogP contribution in [-0.4, -0.2) is 39.3 Å². The molecule has 0 saturated carbocycles. The Kier molecular flexibility index (Phi) is 4.18. The molecule has 0 amide bonds. The summed E-state index contributed by atoms with van der Waals surface area (Å²) in [6.45, 7) is 0.344. The molecule has 3 rings (SSSR count). The molecule has 0 radical (unpaired) electrons. The standard InChI is InChI=1S/C16H14ClN3O3/c17-13-2-1-9(16(22)23)7-12(13)11-8-14(18-5-6-21)20-15-10(11)3-4-19-15/h1-4,7-8,21H,5-6H2,(H,22,23)(H2,18,19,20). The number of H-pyrrole nitrogens is 1. The zero-order chi connectivity index (χ0) is 16.4. The Morgan fingerprint density at radius 3 is 2.83 bits per heavy atom. The molecule has 0 bridgehead atoms. The fraction of sp³-hybridized carbons (Fsp3) is 0.125. The van der Waals surface area contributed by atoms with Crippen molar-refractivity contribution in [3.05, 3.63) is 47.1 Å². The molecule has 0 saturated heterocycles. The van der Waals surface area contributed by atoms with E-state index in [-0.39, 0.29) is 12.2 Å². The summed E-state index contributed by atoms with van der Waals surface area (Å²) in [6, 6.07) is 8.23. The molecule has 1 aromatic carbocycles. The zero-order valence-corrected chi connectivity index (χ0v) is 12.8. The van der Waals surface area contributed by atoms with Crippen molar-refractivity contribution in [2.45, 2.75) is 0 Å². The van der Waals surface area contributed by atoms with E-state index < -0.39 is 5.97 Å². The van der Waals surface area contributed by atoms with Gasteiger partial charge in [-0.05, 0) is 35.9 Å². The number of aromatic carboxylic acids is 1. The normalized spacial score (nSPS) is 10.9. The van der Waals surface area contributed by atoms with Crippen LogP contribution in [0.3, 0.4) is 0 Å². The number of aliphatic hydroxyl groups is 1. The topological polar surface area (TPSA) is 98.2 Å². The van der Waals surface area contributed by atoms with Crippen molar-refractivity contribution in [2.75, 3.05) is 18.5 Å². The van der Waals surface area contributed by atoms with Gasteiger partial charge in [-0.15, -0.1) is 0 Å². The summed E-state index contributed by atoms with van der Waals surface area (Å²) < 4.78 is 0. The maximum atomic E-state index is 11.2. The first-order valence-electron chi connectivity index (χ1n) is 6.96. The summed E-state index contributed by atoms with van der Waals surface area (Å²) >= 11 is 6.28. The fourth-order valence-electron chi connectivity index (χ4n) is 2.40. The number of rotatable bonds is 5. The number of pyridine rings is 1. The number of hydrogen-bond donors (Lipinski definition) is 4. The molecule has 23 heavy (non-hydrogen) atoms. The van der Waals surface area contributed by atoms with Crippen LogP contribution in [0.4, 0.5) is 5.82 Å². The maximum absolute atomic E-state index is 11.2. The van der Waals surface area contributed by atoms with Gasteiger partial charge in [0.25, 0.3) is 0 Å². The predicted octanol–water partition coefficient (Wildman–Crippen LogP) is 2.99. The van der Waals surface area contributed by atoms with Gasteiger partial charge in [-0.3, -0.25) is 0 Å². The Morgan fingerprint density at radius 1 is 1.26 bits per heavy atom. The van der Waals surface area contributed by atoms with E-state index in [9.17, 15) is 9.90 Å². The summed E-state index contributed by atoms with van der Waals surface area (Å²) in [5.41, 5.74) is 2.20. The van der Waals surface area contributed by atoms with Gasteiger partial charge in [-0.25, -0.2) is 9.78 Å². The van der Waals surface area contributed by atoms with E-state index in [1.54, 1.807) is 24.4 Å². The lowest BCUT2D eigenvalue weighted by atomic mass is 10.0. The molecule has 0 aliphatic heterocycles. The fourth-order valence-corrected chi connectivity index (χ4v) is 2.62. The predicted molar refractivity (Wildman–Crippen MR) is 89.1 cm³/mol. The maximum Gasteiger partial charge on any atom is 0.335 e. The van der Waals surface area contributed by atoms with Gasteiger partial charge in [-0.1, -0.05) is 11.6 Å². The summed E-state index contributed by atoms with van der Waals surface area (Å²) in [5, 5.41) is 22.4. The zero-order valence-electron chi connectivity index (χ0n) is 12.0. The number of carbonyl (C=O) groups is 1. The van der Waals surface area contributed by atoms with E-state index in [0.29, 0.717) is 28.6 Å². The molecule has 0 fully saturated rings. The molecule has 0 unspecified atom stereocenters. The molecular formula is C16H14ClN3O3. The van der Waals surface area contributed by atoms with Crippen LogP contribution in [0.1, 0.15) is 10.4 Å². The van der Waals surface area contributed by atoms with Gasteiger partial charge in [0.15, 0.2) is 0 Å². The molecule has 7 heteroatoms. The van der Waals surface area contributed by atoms with Crippen LogP contribution >= 0.6 is 11.6 Å². The molecule has 118 valence electrons. The van der Waals surface area contributed by atoms with Crippen LogP contribution in [0, 0.1) is 0 Å². The number of fused-ring (bicyclic) bond motifs is 1. The van der Waals surface area contributed by atoms with E-state index >= 15 is 0 Å². The van der Waals surface area contributed by atoms with Crippen molar-refractivity contribution >= 4 is 34.4 Å². The summed E-state index contributed by atoms with van der Waals surface area (Å²) in [4.78, 5) is 18.7. The average molecular weight is 332 g/mol. The van der Waals surface area contributed by atoms with E-state index in [1.165, 1.54) is 6.07 Å². The number of benzene rings is 1. The molecule has 3 aromatic rings. The highest BCUT2D eigenvalue weighted by Crippen LogP contribution is 2.35. The van der Waals surface area contributed by atoms with Crippen molar-refractivity contribution in [1.82, 2.24) is 9.97 Å². The minimum atomic E-state index is -1.01. The number of anilines is 1. The Balaban J connectivity index is 2.20. The monoisotopic (exact) mass is 331 g/mol. The number of nitrogens with one attached hydrogen (secondary N) is 2. The second-order valence-electron chi connectivity index (χ2n) is 4.95. The first-order valence-corrected chi connectivity index (χ1v) is 7.34. The molecular weight excluding hydrogens is 318 g/mol. The lowest BCUT2D eigenvalue weighted by molar-refractivity contribution is 0.0697. The van der Waals surface area contributed by atoms with E-state index in [1.807, 2.05) is 6.07 Å². The van der Waals surface area contributed by atoms with Gasteiger partial charge in [0.2, 0.25) is 0 Å². The molecule has 6 nitrogen and oxygen atoms in total. The molecule has 4 N–H and O–H groups in total. The van der Waals surface area contributed by atoms with Crippen molar-refractivity contribution in [3.8, 4) is 11.1 Å². The number of carboxylic acids is 1. The van der Waals surface area contributed by atoms with Crippen molar-refractivity contribution in [3.63, 3.8) is 0 Å². The number of aliphatic hydroxyl groups excluding tert-OH is 1. The van der Waals surface area contributed by atoms with E-state index in [4.69, 9.17) is 16.7 Å². The Labute approximate surface area is 136 Å². The van der Waals surface area contributed by atoms with Gasteiger partial charge >= 0.3 is 5.97 Å². The minimum absolute atomic E-state index is 0.0188. The summed E-state index contributed by atoms with van der Waals surface area (Å²) in [7, 11) is 0. The van der Waals surface area contributed by atoms with Crippen molar-refractivity contribution < 1.29 is 15.0 Å². The number of nitrogens with zero attached hydrogens (tertiary/aromatic N) is 1. The molecule has 2 aromatic heterocycles. The van der Waals surface area contributed by atoms with E-state index in [2.05, 4.69) is 15.3 Å². The smallest absolute Gasteiger partial charge is 0.335 e. The highest BCUT2D eigenvalue weighted by atomic mass is 35.5. The van der Waals surface area contributed by atoms with Gasteiger partial charge < -0.3 is 20.5 Å². The first kappa shape index (κ1) is 15.3. The minimum Gasteiger partial charge on any atom is -0.478 e. The highest BCUT2D eigenvalue weighted by Gasteiger charge is 2.14. The Bertz CT molecular complexity index is 876. The van der Waals surface area contributed by atoms with Crippen LogP contribution in [-0.2, 0) is 0 Å². The number of hydrogen-bond acceptors (Lipinski definition) is 4. The third kappa shape index (κ3) is 2.99. The van der Waals surface area contributed by atoms with Crippen LogP contribution < -0.4 is 5.32 Å². The van der Waals surface area contributed by atoms with Crippen LogP contribution in [0.2, 0.25) is 5.02 Å². The van der Waals surface area contributed by atoms with E-state index in [0.717, 1.165) is 10.9 Å². The SMILES string of the molecule is O=C(O)c1ccc(Cl)c(-c2cc(NCCO)nc3[nH]ccc23)c1. The molecule has 0 aliphatic rings. The van der Waals surface area contributed by atoms with Crippen LogP contribution in [0.15, 0.2) is 36.5 Å². The van der Waals surface area contributed by atoms with Crippen LogP contribution in [0.25, 0.3) is 22.2 Å². The molecule has 2 heterocycles. The van der Waals surface area contributed by atoms with Gasteiger partial charge in [0.05, 0.1) is 12.2 Å². The Hall–Kier alpha value is -2.57. The van der Waals surface area contributed by atoms with Crippen molar-refractivity contribution in [2.24, 2.45) is 0 Å². The number of aromatic nitrogens is 2. The summed E-state index contributed by atoms with van der Waals surface area (Å²) in [5.74, 6) is -0.443. The lowest BCUT2D eigenvalue weighted by Crippen LogP contribution is -2.07. The quantitative estimate of drug-likeness (QED) is 0.576. The van der Waals surface area contributed by atoms with Gasteiger partial charge in [-0.2, -0.15) is 0 Å². The first-order chi connectivity index (χ1) is 11.1. The lowest BCUT2D eigenvalue weighted by Gasteiger charge is -2.11. The third-order valence-corrected chi connectivity index (χ3v) is 3.78. The molecule has 0 spiro atoms. The second-order valence-corrected chi connectivity index (χ2v) is 5.35. The number of aromatic amines is 1. The van der Waals surface area contributed by atoms with Crippen LogP contribution in [0.5, 0.6) is 0 Å². The molecule has 0 aliphatic carbocycles. The van der Waals surface area contributed by atoms with Crippen molar-refractivity contribution in [1.29, 1.82) is 0 Å². The molecule has 0 atom stereocenters. The number of halogens is 1. The second kappa shape index (κ2) is 6.28. The largest absolute Gasteiger partial charge is 0.478 e. The summed E-state index contributed by atoms with van der Waals surface area (Å²) in [6.07, 6.45) is 1.76. The highest BCUT2D eigenvalue weighted by molar-refractivity contribution is 6.34. The Morgan fingerprint density at radius 2 is 2.09 bits per heavy atom. The van der Waals surface area contributed by atoms with Gasteiger partial charge in [0.1, 0.15) is 11.5 Å². The third-order valence-electron chi connectivity index (χ3n) is 3.45. The average Bonchev–Trinajstić information content (AvgIpc) is 3.01. The van der Waals surface area contributed by atoms with Gasteiger partial charge in [0, 0.05) is 28.7 Å².